The van der Waals surface area contributed by atoms with Gasteiger partial charge in [-0.1, -0.05) is 26.0 Å². The maximum Gasteiger partial charge on any atom is 0.237 e. The maximum absolute atomic E-state index is 11.4. The van der Waals surface area contributed by atoms with Crippen LogP contribution in [0.1, 0.15) is 45.1 Å². The van der Waals surface area contributed by atoms with E-state index in [0.29, 0.717) is 18.9 Å². The zero-order valence-corrected chi connectivity index (χ0v) is 12.9. The summed E-state index contributed by atoms with van der Waals surface area (Å²) in [5.41, 5.74) is 5.96. The molecule has 0 aliphatic heterocycles. The Bertz CT molecular complexity index is 431. The highest BCUT2D eigenvalue weighted by atomic mass is 16.5. The molecule has 1 aromatic carbocycles. The number of ether oxygens (including phenoxy) is 1. The van der Waals surface area contributed by atoms with E-state index in [4.69, 9.17) is 10.5 Å². The summed E-state index contributed by atoms with van der Waals surface area (Å²) in [5, 5.41) is 2.94. The molecule has 0 fully saturated rings. The van der Waals surface area contributed by atoms with Crippen LogP contribution in [-0.4, -0.2) is 25.1 Å². The summed E-state index contributed by atoms with van der Waals surface area (Å²) in [7, 11) is 1.73. The first kappa shape index (κ1) is 16.5. The number of nitrogens with one attached hydrogen (secondary N) is 1. The van der Waals surface area contributed by atoms with Crippen molar-refractivity contribution in [2.45, 2.75) is 45.1 Å². The molecule has 2 unspecified atom stereocenters. The molecular weight excluding hydrogens is 252 g/mol. The van der Waals surface area contributed by atoms with Gasteiger partial charge in [-0.25, -0.2) is 0 Å². The molecule has 0 aliphatic carbocycles. The van der Waals surface area contributed by atoms with E-state index in [1.54, 1.807) is 14.0 Å². The summed E-state index contributed by atoms with van der Waals surface area (Å²) in [6.07, 6.45) is 1.66. The largest absolute Gasteiger partial charge is 0.494 e. The molecule has 2 atom stereocenters. The van der Waals surface area contributed by atoms with Crippen LogP contribution in [0.2, 0.25) is 0 Å². The molecule has 0 aromatic heterocycles. The number of rotatable bonds is 8. The second-order valence-electron chi connectivity index (χ2n) is 5.42. The molecule has 0 saturated heterocycles. The number of carbonyl (C=O) groups excluding carboxylic acids is 1. The van der Waals surface area contributed by atoms with Gasteiger partial charge in [0.1, 0.15) is 5.75 Å². The number of likely N-dealkylation sites (N-methyl/N-ethyl adjacent to an activating group) is 1. The normalized spacial score (nSPS) is 15.4. The van der Waals surface area contributed by atoms with Crippen molar-refractivity contribution in [1.82, 2.24) is 5.32 Å². The predicted octanol–water partition coefficient (Wildman–Crippen LogP) is 2.43. The molecule has 1 amide bonds. The van der Waals surface area contributed by atoms with Gasteiger partial charge in [0.05, 0.1) is 12.1 Å². The van der Waals surface area contributed by atoms with Crippen molar-refractivity contribution >= 4 is 5.91 Å². The molecule has 1 rings (SSSR count). The Balaban J connectivity index is 2.52. The SMILES string of the molecule is CCC(C)c1ccc(OCCC(C)(NC)C(N)=O)cc1. The van der Waals surface area contributed by atoms with Crippen LogP contribution in [0.3, 0.4) is 0 Å². The Morgan fingerprint density at radius 1 is 1.40 bits per heavy atom. The van der Waals surface area contributed by atoms with Gasteiger partial charge in [0, 0.05) is 6.42 Å². The lowest BCUT2D eigenvalue weighted by Crippen LogP contribution is -2.52. The van der Waals surface area contributed by atoms with Crippen LogP contribution in [0, 0.1) is 0 Å². The van der Waals surface area contributed by atoms with Crippen molar-refractivity contribution in [3.8, 4) is 5.75 Å². The lowest BCUT2D eigenvalue weighted by Gasteiger charge is -2.25. The minimum atomic E-state index is -0.726. The molecule has 4 nitrogen and oxygen atoms in total. The van der Waals surface area contributed by atoms with E-state index in [0.717, 1.165) is 12.2 Å². The molecule has 0 radical (unpaired) electrons. The molecule has 0 heterocycles. The van der Waals surface area contributed by atoms with Crippen molar-refractivity contribution in [2.75, 3.05) is 13.7 Å². The fraction of sp³-hybridized carbons (Fsp3) is 0.562. The number of hydrogen-bond donors (Lipinski definition) is 2. The third-order valence-corrected chi connectivity index (χ3v) is 4.03. The number of primary amides is 1. The first-order valence-electron chi connectivity index (χ1n) is 7.14. The van der Waals surface area contributed by atoms with E-state index >= 15 is 0 Å². The van der Waals surface area contributed by atoms with Crippen molar-refractivity contribution in [3.05, 3.63) is 29.8 Å². The Hall–Kier alpha value is -1.55. The van der Waals surface area contributed by atoms with Crippen molar-refractivity contribution in [1.29, 1.82) is 0 Å². The number of benzene rings is 1. The van der Waals surface area contributed by atoms with Gasteiger partial charge in [0.25, 0.3) is 0 Å². The lowest BCUT2D eigenvalue weighted by molar-refractivity contribution is -0.124. The average Bonchev–Trinajstić information content (AvgIpc) is 2.46. The molecule has 0 bridgehead atoms. The highest BCUT2D eigenvalue weighted by molar-refractivity contribution is 5.84. The van der Waals surface area contributed by atoms with Gasteiger partial charge in [0.15, 0.2) is 0 Å². The summed E-state index contributed by atoms with van der Waals surface area (Å²) in [4.78, 5) is 11.4. The van der Waals surface area contributed by atoms with E-state index in [1.165, 1.54) is 5.56 Å². The standard InChI is InChI=1S/C16H26N2O2/c1-5-12(2)13-6-8-14(9-7-13)20-11-10-16(3,18-4)15(17)19/h6-9,12,18H,5,10-11H2,1-4H3,(H2,17,19). The van der Waals surface area contributed by atoms with Gasteiger partial charge in [-0.05, 0) is 44.0 Å². The summed E-state index contributed by atoms with van der Waals surface area (Å²) in [5.74, 6) is 1.02. The fourth-order valence-electron chi connectivity index (χ4n) is 1.87. The predicted molar refractivity (Wildman–Crippen MR) is 81.9 cm³/mol. The maximum atomic E-state index is 11.4. The molecular formula is C16H26N2O2. The molecule has 0 aliphatic rings. The van der Waals surface area contributed by atoms with Gasteiger partial charge >= 0.3 is 0 Å². The Morgan fingerprint density at radius 2 is 2.00 bits per heavy atom. The third-order valence-electron chi connectivity index (χ3n) is 4.03. The van der Waals surface area contributed by atoms with Crippen LogP contribution in [0.15, 0.2) is 24.3 Å². The first-order valence-corrected chi connectivity index (χ1v) is 7.14. The van der Waals surface area contributed by atoms with Gasteiger partial charge in [0.2, 0.25) is 5.91 Å². The minimum Gasteiger partial charge on any atom is -0.494 e. The molecule has 0 saturated carbocycles. The first-order chi connectivity index (χ1) is 9.42. The van der Waals surface area contributed by atoms with Crippen molar-refractivity contribution in [2.24, 2.45) is 5.73 Å². The highest BCUT2D eigenvalue weighted by Gasteiger charge is 2.28. The van der Waals surface area contributed by atoms with Gasteiger partial charge < -0.3 is 15.8 Å². The molecule has 3 N–H and O–H groups in total. The Morgan fingerprint density at radius 3 is 2.45 bits per heavy atom. The van der Waals surface area contributed by atoms with Crippen LogP contribution >= 0.6 is 0 Å². The summed E-state index contributed by atoms with van der Waals surface area (Å²) in [6, 6.07) is 8.13. The minimum absolute atomic E-state index is 0.365. The summed E-state index contributed by atoms with van der Waals surface area (Å²) >= 11 is 0. The summed E-state index contributed by atoms with van der Waals surface area (Å²) < 4.78 is 5.67. The zero-order chi connectivity index (χ0) is 15.2. The fourth-order valence-corrected chi connectivity index (χ4v) is 1.87. The highest BCUT2D eigenvalue weighted by Crippen LogP contribution is 2.21. The van der Waals surface area contributed by atoms with E-state index in [9.17, 15) is 4.79 Å². The monoisotopic (exact) mass is 278 g/mol. The molecule has 1 aromatic rings. The topological polar surface area (TPSA) is 64.3 Å². The second kappa shape index (κ2) is 7.29. The van der Waals surface area contributed by atoms with E-state index in [2.05, 4.69) is 31.3 Å². The Kier molecular flexibility index (Phi) is 6.02. The number of amides is 1. The Labute approximate surface area is 121 Å². The zero-order valence-electron chi connectivity index (χ0n) is 12.9. The lowest BCUT2D eigenvalue weighted by atomic mass is 9.98. The molecule has 4 heteroatoms. The average molecular weight is 278 g/mol. The van der Waals surface area contributed by atoms with Gasteiger partial charge in [-0.2, -0.15) is 0 Å². The van der Waals surface area contributed by atoms with Crippen LogP contribution < -0.4 is 15.8 Å². The smallest absolute Gasteiger partial charge is 0.237 e. The van der Waals surface area contributed by atoms with Crippen molar-refractivity contribution in [3.63, 3.8) is 0 Å². The van der Waals surface area contributed by atoms with Crippen LogP contribution in [0.4, 0.5) is 0 Å². The molecule has 20 heavy (non-hydrogen) atoms. The van der Waals surface area contributed by atoms with Crippen LogP contribution in [0.25, 0.3) is 0 Å². The van der Waals surface area contributed by atoms with Crippen LogP contribution in [0.5, 0.6) is 5.75 Å². The van der Waals surface area contributed by atoms with Gasteiger partial charge in [-0.3, -0.25) is 4.79 Å². The van der Waals surface area contributed by atoms with Crippen molar-refractivity contribution < 1.29 is 9.53 Å². The van der Waals surface area contributed by atoms with E-state index < -0.39 is 5.54 Å². The number of carbonyl (C=O) groups is 1. The van der Waals surface area contributed by atoms with E-state index in [-0.39, 0.29) is 5.91 Å². The number of hydrogen-bond acceptors (Lipinski definition) is 3. The molecule has 112 valence electrons. The summed E-state index contributed by atoms with van der Waals surface area (Å²) in [6.45, 7) is 6.62. The quantitative estimate of drug-likeness (QED) is 0.767. The number of nitrogens with two attached hydrogens (primary N) is 1. The van der Waals surface area contributed by atoms with Crippen LogP contribution in [-0.2, 0) is 4.79 Å². The third kappa shape index (κ3) is 4.23. The second-order valence-corrected chi connectivity index (χ2v) is 5.42. The van der Waals surface area contributed by atoms with E-state index in [1.807, 2.05) is 12.1 Å². The van der Waals surface area contributed by atoms with Gasteiger partial charge in [-0.15, -0.1) is 0 Å². The molecule has 0 spiro atoms.